The van der Waals surface area contributed by atoms with Gasteiger partial charge >= 0.3 is 0 Å². The van der Waals surface area contributed by atoms with E-state index in [1.165, 1.54) is 0 Å². The third kappa shape index (κ3) is 3.83. The van der Waals surface area contributed by atoms with E-state index >= 15 is 0 Å². The third-order valence-corrected chi connectivity index (χ3v) is 4.72. The zero-order chi connectivity index (χ0) is 18.0. The first-order chi connectivity index (χ1) is 12.0. The number of fused-ring (bicyclic) bond motifs is 1. The molecule has 0 unspecified atom stereocenters. The Morgan fingerprint density at radius 1 is 1.16 bits per heavy atom. The van der Waals surface area contributed by atoms with Crippen LogP contribution in [0.5, 0.6) is 0 Å². The van der Waals surface area contributed by atoms with E-state index in [1.807, 2.05) is 41.8 Å². The number of carbonyl (C=O) groups is 2. The average molecular weight is 342 g/mol. The highest BCUT2D eigenvalue weighted by Gasteiger charge is 2.25. The van der Waals surface area contributed by atoms with E-state index in [9.17, 15) is 9.59 Å². The number of piperazine rings is 1. The van der Waals surface area contributed by atoms with E-state index in [4.69, 9.17) is 0 Å². The number of imidazole rings is 1. The van der Waals surface area contributed by atoms with Crippen molar-refractivity contribution in [2.45, 2.75) is 33.6 Å². The minimum absolute atomic E-state index is 0.0106. The van der Waals surface area contributed by atoms with Crippen LogP contribution in [0.15, 0.2) is 18.2 Å². The van der Waals surface area contributed by atoms with Crippen LogP contribution in [0.3, 0.4) is 0 Å². The highest BCUT2D eigenvalue weighted by molar-refractivity contribution is 5.82. The second kappa shape index (κ2) is 7.25. The molecule has 0 bridgehead atoms. The number of nitrogens with zero attached hydrogens (tertiary/aromatic N) is 3. The van der Waals surface area contributed by atoms with Crippen LogP contribution in [0, 0.1) is 5.92 Å². The van der Waals surface area contributed by atoms with E-state index in [1.54, 1.807) is 0 Å². The van der Waals surface area contributed by atoms with Gasteiger partial charge in [-0.15, -0.1) is 0 Å². The number of rotatable bonds is 4. The monoisotopic (exact) mass is 342 g/mol. The molecular weight excluding hydrogens is 316 g/mol. The van der Waals surface area contributed by atoms with Crippen LogP contribution in [-0.4, -0.2) is 57.8 Å². The molecule has 0 saturated carbocycles. The molecule has 6 nitrogen and oxygen atoms in total. The van der Waals surface area contributed by atoms with Crippen molar-refractivity contribution in [3.63, 3.8) is 0 Å². The number of benzene rings is 1. The van der Waals surface area contributed by atoms with Gasteiger partial charge in [0.15, 0.2) is 0 Å². The molecular formula is C19H26N4O2. The quantitative estimate of drug-likeness (QED) is 0.924. The van der Waals surface area contributed by atoms with E-state index in [2.05, 4.69) is 16.9 Å². The summed E-state index contributed by atoms with van der Waals surface area (Å²) < 4.78 is 0. The molecule has 1 aromatic heterocycles. The number of carbonyl (C=O) groups excluding carboxylic acids is 2. The van der Waals surface area contributed by atoms with Crippen LogP contribution in [-0.2, 0) is 22.4 Å². The lowest BCUT2D eigenvalue weighted by Gasteiger charge is -2.35. The zero-order valence-corrected chi connectivity index (χ0v) is 15.2. The summed E-state index contributed by atoms with van der Waals surface area (Å²) in [7, 11) is 0. The molecule has 0 radical (unpaired) electrons. The van der Waals surface area contributed by atoms with Crippen molar-refractivity contribution in [1.82, 2.24) is 19.8 Å². The first-order valence-corrected chi connectivity index (χ1v) is 9.02. The van der Waals surface area contributed by atoms with Crippen molar-refractivity contribution < 1.29 is 9.59 Å². The lowest BCUT2D eigenvalue weighted by Crippen LogP contribution is -2.51. The molecule has 1 N–H and O–H groups in total. The van der Waals surface area contributed by atoms with Gasteiger partial charge in [0.25, 0.3) is 0 Å². The summed E-state index contributed by atoms with van der Waals surface area (Å²) in [6, 6.07) is 5.95. The number of hydrogen-bond donors (Lipinski definition) is 1. The molecule has 0 aliphatic carbocycles. The van der Waals surface area contributed by atoms with Crippen molar-refractivity contribution in [1.29, 1.82) is 0 Å². The maximum absolute atomic E-state index is 12.6. The van der Waals surface area contributed by atoms with Crippen LogP contribution < -0.4 is 0 Å². The van der Waals surface area contributed by atoms with Crippen LogP contribution in [0.2, 0.25) is 0 Å². The number of amides is 2. The maximum Gasteiger partial charge on any atom is 0.227 e. The Bertz CT molecular complexity index is 773. The molecule has 1 aliphatic rings. The fraction of sp³-hybridized carbons (Fsp3) is 0.526. The summed E-state index contributed by atoms with van der Waals surface area (Å²) in [5.41, 5.74) is 2.91. The first kappa shape index (κ1) is 17.5. The van der Waals surface area contributed by atoms with Gasteiger partial charge in [0.1, 0.15) is 5.82 Å². The molecule has 0 spiro atoms. The molecule has 25 heavy (non-hydrogen) atoms. The first-order valence-electron chi connectivity index (χ1n) is 9.02. The van der Waals surface area contributed by atoms with E-state index in [0.717, 1.165) is 28.8 Å². The van der Waals surface area contributed by atoms with Crippen molar-refractivity contribution in [3.05, 3.63) is 29.6 Å². The number of H-pyrrole nitrogens is 1. The third-order valence-electron chi connectivity index (χ3n) is 4.72. The maximum atomic E-state index is 12.6. The Balaban J connectivity index is 1.60. The van der Waals surface area contributed by atoms with Crippen molar-refractivity contribution in [2.75, 3.05) is 26.2 Å². The van der Waals surface area contributed by atoms with Gasteiger partial charge < -0.3 is 14.8 Å². The fourth-order valence-corrected chi connectivity index (χ4v) is 3.21. The van der Waals surface area contributed by atoms with Crippen molar-refractivity contribution in [3.8, 4) is 0 Å². The normalized spacial score (nSPS) is 15.2. The molecule has 134 valence electrons. The predicted octanol–water partition coefficient (Wildman–Crippen LogP) is 1.99. The van der Waals surface area contributed by atoms with Gasteiger partial charge in [0.05, 0.1) is 17.5 Å². The Labute approximate surface area is 148 Å². The van der Waals surface area contributed by atoms with Crippen LogP contribution >= 0.6 is 0 Å². The summed E-state index contributed by atoms with van der Waals surface area (Å²) in [5.74, 6) is 1.26. The molecule has 3 rings (SSSR count). The van der Waals surface area contributed by atoms with Crippen LogP contribution in [0.1, 0.15) is 32.2 Å². The number of hydrogen-bond acceptors (Lipinski definition) is 3. The highest BCUT2D eigenvalue weighted by atomic mass is 16.2. The van der Waals surface area contributed by atoms with E-state index in [-0.39, 0.29) is 17.7 Å². The summed E-state index contributed by atoms with van der Waals surface area (Å²) in [6.07, 6.45) is 1.25. The second-order valence-electron chi connectivity index (χ2n) is 6.93. The molecule has 1 aliphatic heterocycles. The summed E-state index contributed by atoms with van der Waals surface area (Å²) in [4.78, 5) is 36.1. The van der Waals surface area contributed by atoms with Crippen molar-refractivity contribution >= 4 is 22.8 Å². The Kier molecular flexibility index (Phi) is 5.06. The molecule has 2 amide bonds. The van der Waals surface area contributed by atoms with Gasteiger partial charge in [0, 0.05) is 38.5 Å². The molecule has 2 aromatic rings. The number of aromatic amines is 1. The summed E-state index contributed by atoms with van der Waals surface area (Å²) >= 11 is 0. The van der Waals surface area contributed by atoms with Gasteiger partial charge in [-0.25, -0.2) is 4.98 Å². The van der Waals surface area contributed by atoms with Gasteiger partial charge in [-0.3, -0.25) is 9.59 Å². The summed E-state index contributed by atoms with van der Waals surface area (Å²) in [6.45, 7) is 8.37. The molecule has 1 aromatic carbocycles. The van der Waals surface area contributed by atoms with Gasteiger partial charge in [0.2, 0.25) is 11.8 Å². The average Bonchev–Trinajstić information content (AvgIpc) is 3.03. The Morgan fingerprint density at radius 2 is 1.84 bits per heavy atom. The lowest BCUT2D eigenvalue weighted by atomic mass is 10.1. The Morgan fingerprint density at radius 3 is 2.48 bits per heavy atom. The SMILES string of the molecule is CCc1nc2ccc(CC(=O)N3CCN(C(=O)C(C)C)CC3)cc2[nH]1. The molecule has 1 fully saturated rings. The van der Waals surface area contributed by atoms with E-state index in [0.29, 0.717) is 32.6 Å². The number of nitrogens with one attached hydrogen (secondary N) is 1. The van der Waals surface area contributed by atoms with Crippen LogP contribution in [0.25, 0.3) is 11.0 Å². The molecule has 2 heterocycles. The zero-order valence-electron chi connectivity index (χ0n) is 15.2. The minimum Gasteiger partial charge on any atom is -0.342 e. The molecule has 1 saturated heterocycles. The van der Waals surface area contributed by atoms with Gasteiger partial charge in [-0.05, 0) is 17.7 Å². The largest absolute Gasteiger partial charge is 0.342 e. The van der Waals surface area contributed by atoms with Gasteiger partial charge in [-0.1, -0.05) is 26.8 Å². The summed E-state index contributed by atoms with van der Waals surface area (Å²) in [5, 5.41) is 0. The lowest BCUT2D eigenvalue weighted by molar-refractivity contribution is -0.141. The smallest absolute Gasteiger partial charge is 0.227 e. The highest BCUT2D eigenvalue weighted by Crippen LogP contribution is 2.16. The standard InChI is InChI=1S/C19H26N4O2/c1-4-17-20-15-6-5-14(11-16(15)21-17)12-18(24)22-7-9-23(10-8-22)19(25)13(2)3/h5-6,11,13H,4,7-10,12H2,1-3H3,(H,20,21). The predicted molar refractivity (Wildman–Crippen MR) is 97.2 cm³/mol. The topological polar surface area (TPSA) is 69.3 Å². The van der Waals surface area contributed by atoms with E-state index < -0.39 is 0 Å². The second-order valence-corrected chi connectivity index (χ2v) is 6.93. The molecule has 6 heteroatoms. The Hall–Kier alpha value is -2.37. The van der Waals surface area contributed by atoms with Gasteiger partial charge in [-0.2, -0.15) is 0 Å². The van der Waals surface area contributed by atoms with Crippen molar-refractivity contribution in [2.24, 2.45) is 5.92 Å². The number of aromatic nitrogens is 2. The minimum atomic E-state index is 0.0106. The molecule has 0 atom stereocenters. The van der Waals surface area contributed by atoms with Crippen LogP contribution in [0.4, 0.5) is 0 Å². The fourth-order valence-electron chi connectivity index (χ4n) is 3.21. The number of aryl methyl sites for hydroxylation is 1.